The number of nitrogens with one attached hydrogen (secondary N) is 1. The van der Waals surface area contributed by atoms with Gasteiger partial charge in [0.1, 0.15) is 5.69 Å². The van der Waals surface area contributed by atoms with E-state index in [4.69, 9.17) is 28.5 Å². The molecule has 0 saturated carbocycles. The third-order valence-corrected chi connectivity index (χ3v) is 4.24. The van der Waals surface area contributed by atoms with Crippen molar-refractivity contribution in [2.24, 2.45) is 0 Å². The highest BCUT2D eigenvalue weighted by Crippen LogP contribution is 2.38. The average molecular weight is 378 g/mol. The summed E-state index contributed by atoms with van der Waals surface area (Å²) >= 11 is 15.1. The van der Waals surface area contributed by atoms with Gasteiger partial charge in [-0.1, -0.05) is 23.2 Å². The largest absolute Gasteiger partial charge is 0.349 e. The van der Waals surface area contributed by atoms with Gasteiger partial charge in [0.2, 0.25) is 0 Å². The Bertz CT molecular complexity index is 706. The van der Waals surface area contributed by atoms with E-state index in [0.29, 0.717) is 4.47 Å². The Morgan fingerprint density at radius 2 is 1.70 bits per heavy atom. The molecule has 2 aromatic carbocycles. The summed E-state index contributed by atoms with van der Waals surface area (Å²) in [6, 6.07) is 6.64. The third-order valence-electron chi connectivity index (χ3n) is 2.47. The zero-order chi connectivity index (χ0) is 14.9. The number of hydrogen-bond donors (Lipinski definition) is 1. The van der Waals surface area contributed by atoms with E-state index in [0.717, 1.165) is 12.1 Å². The zero-order valence-electron chi connectivity index (χ0n) is 9.65. The normalized spacial score (nSPS) is 10.2. The Labute approximate surface area is 132 Å². The minimum atomic E-state index is -0.892. The Morgan fingerprint density at radius 1 is 1.10 bits per heavy atom. The molecule has 0 amide bonds. The number of nitrogens with zero attached hydrogens (tertiary/aromatic N) is 1. The van der Waals surface area contributed by atoms with Crippen LogP contribution >= 0.6 is 39.1 Å². The number of hydrogen-bond acceptors (Lipinski definition) is 2. The number of rotatable bonds is 2. The molecule has 0 atom stereocenters. The fourth-order valence-corrected chi connectivity index (χ4v) is 2.34. The lowest BCUT2D eigenvalue weighted by Gasteiger charge is -2.12. The average Bonchev–Trinajstić information content (AvgIpc) is 2.42. The second kappa shape index (κ2) is 5.96. The van der Waals surface area contributed by atoms with E-state index < -0.39 is 17.3 Å². The highest BCUT2D eigenvalue weighted by Gasteiger charge is 2.15. The number of anilines is 2. The minimum absolute atomic E-state index is 0.106. The molecule has 20 heavy (non-hydrogen) atoms. The van der Waals surface area contributed by atoms with Crippen LogP contribution in [-0.4, -0.2) is 0 Å². The van der Waals surface area contributed by atoms with Crippen LogP contribution in [0.4, 0.5) is 20.2 Å². The highest BCUT2D eigenvalue weighted by atomic mass is 79.9. The van der Waals surface area contributed by atoms with E-state index in [1.54, 1.807) is 12.1 Å². The van der Waals surface area contributed by atoms with Gasteiger partial charge in [0.05, 0.1) is 27.4 Å². The molecule has 0 heterocycles. The van der Waals surface area contributed by atoms with Crippen molar-refractivity contribution in [2.75, 3.05) is 5.32 Å². The van der Waals surface area contributed by atoms with Gasteiger partial charge in [-0.15, -0.1) is 0 Å². The third kappa shape index (κ3) is 2.88. The minimum Gasteiger partial charge on any atom is -0.349 e. The molecule has 2 nitrogen and oxygen atoms in total. The first-order chi connectivity index (χ1) is 9.43. The Hall–Kier alpha value is -1.35. The molecular formula is C13H5BrCl2F2N2. The lowest BCUT2D eigenvalue weighted by Crippen LogP contribution is -1.99. The summed E-state index contributed by atoms with van der Waals surface area (Å²) < 4.78 is 28.1. The predicted octanol–water partition coefficient (Wildman–Crippen LogP) is 5.65. The molecule has 102 valence electrons. The molecule has 0 bridgehead atoms. The van der Waals surface area contributed by atoms with Crippen LogP contribution in [0.2, 0.25) is 10.0 Å². The van der Waals surface area contributed by atoms with E-state index >= 15 is 0 Å². The first-order valence-electron chi connectivity index (χ1n) is 5.23. The molecule has 0 aliphatic rings. The molecule has 0 fully saturated rings. The summed E-state index contributed by atoms with van der Waals surface area (Å²) in [5.74, 6) is -1.78. The van der Waals surface area contributed by atoms with Crippen molar-refractivity contribution in [1.82, 2.24) is 0 Å². The molecule has 0 radical (unpaired) electrons. The topological polar surface area (TPSA) is 35.8 Å². The van der Waals surface area contributed by atoms with E-state index in [2.05, 4.69) is 21.2 Å². The Balaban J connectivity index is 2.46. The maximum absolute atomic E-state index is 13.8. The second-order valence-electron chi connectivity index (χ2n) is 3.77. The summed E-state index contributed by atoms with van der Waals surface area (Å²) in [6.45, 7) is 0. The van der Waals surface area contributed by atoms with Gasteiger partial charge in [0.15, 0.2) is 11.6 Å². The summed E-state index contributed by atoms with van der Waals surface area (Å²) in [5.41, 5.74) is -0.253. The summed E-state index contributed by atoms with van der Waals surface area (Å²) in [7, 11) is 0. The van der Waals surface area contributed by atoms with Crippen LogP contribution in [0.1, 0.15) is 5.56 Å². The standard InChI is InChI=1S/C13H5BrCl2F2N2/c14-7-1-2-10(12(16)11(7)15)20-13-8(17)3-6(5-19)4-9(13)18/h1-4,20H. The molecule has 0 spiro atoms. The van der Waals surface area contributed by atoms with Crippen LogP contribution in [0.3, 0.4) is 0 Å². The van der Waals surface area contributed by atoms with Gasteiger partial charge in [0, 0.05) is 4.47 Å². The molecule has 2 aromatic rings. The molecule has 1 N–H and O–H groups in total. The van der Waals surface area contributed by atoms with Gasteiger partial charge < -0.3 is 5.32 Å². The molecule has 0 aliphatic carbocycles. The van der Waals surface area contributed by atoms with Crippen LogP contribution in [0.25, 0.3) is 0 Å². The van der Waals surface area contributed by atoms with E-state index in [1.165, 1.54) is 6.07 Å². The first-order valence-corrected chi connectivity index (χ1v) is 6.78. The van der Waals surface area contributed by atoms with E-state index in [-0.39, 0.29) is 21.3 Å². The van der Waals surface area contributed by atoms with Crippen LogP contribution < -0.4 is 5.32 Å². The summed E-state index contributed by atoms with van der Waals surface area (Å²) in [5, 5.41) is 11.5. The summed E-state index contributed by atoms with van der Waals surface area (Å²) in [6.07, 6.45) is 0. The summed E-state index contributed by atoms with van der Waals surface area (Å²) in [4.78, 5) is 0. The molecule has 0 aromatic heterocycles. The van der Waals surface area contributed by atoms with Crippen molar-refractivity contribution in [2.45, 2.75) is 0 Å². The van der Waals surface area contributed by atoms with Gasteiger partial charge in [-0.05, 0) is 40.2 Å². The van der Waals surface area contributed by atoms with Crippen molar-refractivity contribution in [3.8, 4) is 6.07 Å². The van der Waals surface area contributed by atoms with Crippen molar-refractivity contribution < 1.29 is 8.78 Å². The number of halogens is 5. The fraction of sp³-hybridized carbons (Fsp3) is 0. The Morgan fingerprint density at radius 3 is 2.25 bits per heavy atom. The van der Waals surface area contributed by atoms with Crippen molar-refractivity contribution in [3.63, 3.8) is 0 Å². The van der Waals surface area contributed by atoms with Crippen LogP contribution in [0.15, 0.2) is 28.7 Å². The number of benzene rings is 2. The zero-order valence-corrected chi connectivity index (χ0v) is 12.7. The molecule has 0 unspecified atom stereocenters. The molecule has 2 rings (SSSR count). The molecule has 7 heteroatoms. The highest BCUT2D eigenvalue weighted by molar-refractivity contribution is 9.10. The quantitative estimate of drug-likeness (QED) is 0.686. The van der Waals surface area contributed by atoms with E-state index in [1.807, 2.05) is 0 Å². The fourth-order valence-electron chi connectivity index (χ4n) is 1.51. The predicted molar refractivity (Wildman–Crippen MR) is 78.5 cm³/mol. The molecule has 0 saturated heterocycles. The smallest absolute Gasteiger partial charge is 0.150 e. The maximum atomic E-state index is 13.8. The van der Waals surface area contributed by atoms with Gasteiger partial charge in [-0.25, -0.2) is 8.78 Å². The van der Waals surface area contributed by atoms with Crippen molar-refractivity contribution in [1.29, 1.82) is 5.26 Å². The SMILES string of the molecule is N#Cc1cc(F)c(Nc2ccc(Br)c(Cl)c2Cl)c(F)c1. The Kier molecular flexibility index (Phi) is 4.48. The number of nitriles is 1. The van der Waals surface area contributed by atoms with Crippen LogP contribution in [-0.2, 0) is 0 Å². The second-order valence-corrected chi connectivity index (χ2v) is 5.38. The van der Waals surface area contributed by atoms with Gasteiger partial charge >= 0.3 is 0 Å². The van der Waals surface area contributed by atoms with Crippen LogP contribution in [0.5, 0.6) is 0 Å². The molecule has 0 aliphatic heterocycles. The van der Waals surface area contributed by atoms with Crippen molar-refractivity contribution in [3.05, 3.63) is 56.0 Å². The lowest BCUT2D eigenvalue weighted by molar-refractivity contribution is 0.590. The van der Waals surface area contributed by atoms with Crippen molar-refractivity contribution >= 4 is 50.5 Å². The lowest BCUT2D eigenvalue weighted by atomic mass is 10.2. The van der Waals surface area contributed by atoms with Gasteiger partial charge in [-0.2, -0.15) is 5.26 Å². The molecular weight excluding hydrogens is 373 g/mol. The first kappa shape index (κ1) is 15.0. The van der Waals surface area contributed by atoms with Crippen LogP contribution in [0, 0.1) is 23.0 Å². The monoisotopic (exact) mass is 376 g/mol. The van der Waals surface area contributed by atoms with E-state index in [9.17, 15) is 8.78 Å². The van der Waals surface area contributed by atoms with Gasteiger partial charge in [0.25, 0.3) is 0 Å². The maximum Gasteiger partial charge on any atom is 0.150 e. The van der Waals surface area contributed by atoms with Gasteiger partial charge in [-0.3, -0.25) is 0 Å².